The van der Waals surface area contributed by atoms with E-state index in [9.17, 15) is 13.2 Å². The van der Waals surface area contributed by atoms with Crippen molar-refractivity contribution >= 4 is 21.6 Å². The highest BCUT2D eigenvalue weighted by molar-refractivity contribution is 9.10. The highest BCUT2D eigenvalue weighted by Gasteiger charge is 2.32. The van der Waals surface area contributed by atoms with Gasteiger partial charge >= 0.3 is 6.18 Å². The van der Waals surface area contributed by atoms with Gasteiger partial charge in [0, 0.05) is 17.6 Å². The van der Waals surface area contributed by atoms with E-state index in [1.807, 2.05) is 4.90 Å². The van der Waals surface area contributed by atoms with Crippen molar-refractivity contribution < 1.29 is 18.3 Å². The van der Waals surface area contributed by atoms with E-state index in [2.05, 4.69) is 15.9 Å². The molecule has 0 radical (unpaired) electrons. The summed E-state index contributed by atoms with van der Waals surface area (Å²) in [6.07, 6.45) is -4.70. The van der Waals surface area contributed by atoms with Gasteiger partial charge in [-0.1, -0.05) is 0 Å². The van der Waals surface area contributed by atoms with Crippen LogP contribution in [0, 0.1) is 0 Å². The van der Waals surface area contributed by atoms with Crippen molar-refractivity contribution in [2.24, 2.45) is 0 Å². The largest absolute Gasteiger partial charge is 0.416 e. The average Bonchev–Trinajstić information content (AvgIpc) is 2.12. The van der Waals surface area contributed by atoms with Crippen LogP contribution in [-0.2, 0) is 6.18 Å². The van der Waals surface area contributed by atoms with Gasteiger partial charge in [-0.15, -0.1) is 0 Å². The summed E-state index contributed by atoms with van der Waals surface area (Å²) < 4.78 is 37.5. The van der Waals surface area contributed by atoms with Gasteiger partial charge in [-0.2, -0.15) is 13.2 Å². The van der Waals surface area contributed by atoms with E-state index >= 15 is 0 Å². The van der Waals surface area contributed by atoms with Crippen LogP contribution in [0.15, 0.2) is 22.7 Å². The van der Waals surface area contributed by atoms with Crippen molar-refractivity contribution in [2.75, 3.05) is 18.0 Å². The van der Waals surface area contributed by atoms with E-state index in [1.54, 1.807) is 0 Å². The fraction of sp³-hybridized carbons (Fsp3) is 0.400. The van der Waals surface area contributed by atoms with E-state index in [1.165, 1.54) is 6.07 Å². The number of nitrogens with zero attached hydrogens (tertiary/aromatic N) is 1. The summed E-state index contributed by atoms with van der Waals surface area (Å²) in [5, 5.41) is 9.12. The van der Waals surface area contributed by atoms with Crippen LogP contribution in [0.5, 0.6) is 0 Å². The van der Waals surface area contributed by atoms with Crippen LogP contribution >= 0.6 is 15.9 Å². The Hall–Kier alpha value is -0.750. The molecule has 1 saturated heterocycles. The minimum atomic E-state index is -4.32. The van der Waals surface area contributed by atoms with Gasteiger partial charge in [0.1, 0.15) is 0 Å². The normalized spacial score (nSPS) is 17.4. The van der Waals surface area contributed by atoms with Gasteiger partial charge in [-0.3, -0.25) is 0 Å². The molecule has 1 aromatic rings. The number of benzene rings is 1. The maximum absolute atomic E-state index is 12.4. The lowest BCUT2D eigenvalue weighted by molar-refractivity contribution is -0.137. The van der Waals surface area contributed by atoms with Crippen LogP contribution in [0.4, 0.5) is 18.9 Å². The Bertz CT molecular complexity index is 402. The zero-order valence-corrected chi connectivity index (χ0v) is 9.72. The Morgan fingerprint density at radius 1 is 1.31 bits per heavy atom. The number of rotatable bonds is 1. The zero-order chi connectivity index (χ0) is 11.9. The topological polar surface area (TPSA) is 23.5 Å². The van der Waals surface area contributed by atoms with E-state index < -0.39 is 11.7 Å². The molecule has 1 N–H and O–H groups in total. The van der Waals surface area contributed by atoms with E-state index in [-0.39, 0.29) is 6.10 Å². The van der Waals surface area contributed by atoms with Crippen molar-refractivity contribution in [3.05, 3.63) is 28.2 Å². The van der Waals surface area contributed by atoms with Crippen LogP contribution in [0.25, 0.3) is 0 Å². The average molecular weight is 296 g/mol. The second-order valence-electron chi connectivity index (χ2n) is 3.72. The summed E-state index contributed by atoms with van der Waals surface area (Å²) in [4.78, 5) is 1.81. The SMILES string of the molecule is OC1CN(c2ccc(C(F)(F)F)cc2Br)C1. The highest BCUT2D eigenvalue weighted by Crippen LogP contribution is 2.36. The third-order valence-corrected chi connectivity index (χ3v) is 3.11. The molecule has 6 heteroatoms. The van der Waals surface area contributed by atoms with Crippen LogP contribution < -0.4 is 4.90 Å². The Morgan fingerprint density at radius 2 is 1.94 bits per heavy atom. The van der Waals surface area contributed by atoms with Gasteiger partial charge in [-0.25, -0.2) is 0 Å². The summed E-state index contributed by atoms with van der Waals surface area (Å²) in [6, 6.07) is 3.52. The van der Waals surface area contributed by atoms with E-state index in [0.29, 0.717) is 23.2 Å². The second-order valence-corrected chi connectivity index (χ2v) is 4.58. The summed E-state index contributed by atoms with van der Waals surface area (Å²) in [6.45, 7) is 0.925. The summed E-state index contributed by atoms with van der Waals surface area (Å²) in [5.74, 6) is 0. The molecule has 1 fully saturated rings. The Morgan fingerprint density at radius 3 is 2.38 bits per heavy atom. The van der Waals surface area contributed by atoms with Crippen LogP contribution in [0.2, 0.25) is 0 Å². The fourth-order valence-electron chi connectivity index (χ4n) is 1.59. The molecule has 0 amide bonds. The smallest absolute Gasteiger partial charge is 0.389 e. The molecule has 88 valence electrons. The summed E-state index contributed by atoms with van der Waals surface area (Å²) in [5.41, 5.74) is 0.00231. The summed E-state index contributed by atoms with van der Waals surface area (Å²) in [7, 11) is 0. The number of anilines is 1. The fourth-order valence-corrected chi connectivity index (χ4v) is 2.22. The molecule has 1 aliphatic rings. The van der Waals surface area contributed by atoms with Crippen molar-refractivity contribution in [1.82, 2.24) is 0 Å². The van der Waals surface area contributed by atoms with Crippen molar-refractivity contribution in [2.45, 2.75) is 12.3 Å². The first-order valence-electron chi connectivity index (χ1n) is 4.67. The van der Waals surface area contributed by atoms with Gasteiger partial charge < -0.3 is 10.0 Å². The van der Waals surface area contributed by atoms with Gasteiger partial charge in [0.2, 0.25) is 0 Å². The summed E-state index contributed by atoms with van der Waals surface area (Å²) >= 11 is 3.11. The second kappa shape index (κ2) is 3.92. The first-order chi connectivity index (χ1) is 7.38. The van der Waals surface area contributed by atoms with Crippen molar-refractivity contribution in [3.8, 4) is 0 Å². The maximum atomic E-state index is 12.4. The third kappa shape index (κ3) is 2.17. The number of halogens is 4. The highest BCUT2D eigenvalue weighted by atomic mass is 79.9. The number of hydrogen-bond acceptors (Lipinski definition) is 2. The van der Waals surface area contributed by atoms with Gasteiger partial charge in [0.05, 0.1) is 17.4 Å². The van der Waals surface area contributed by atoms with Crippen molar-refractivity contribution in [3.63, 3.8) is 0 Å². The van der Waals surface area contributed by atoms with E-state index in [4.69, 9.17) is 5.11 Å². The molecule has 0 unspecified atom stereocenters. The number of alkyl halides is 3. The molecular weight excluding hydrogens is 287 g/mol. The molecule has 2 rings (SSSR count). The molecule has 0 aromatic heterocycles. The molecule has 16 heavy (non-hydrogen) atoms. The molecule has 0 atom stereocenters. The molecule has 0 bridgehead atoms. The minimum Gasteiger partial charge on any atom is -0.389 e. The molecule has 1 aliphatic heterocycles. The maximum Gasteiger partial charge on any atom is 0.416 e. The predicted molar refractivity (Wildman–Crippen MR) is 57.4 cm³/mol. The van der Waals surface area contributed by atoms with Crippen LogP contribution in [-0.4, -0.2) is 24.3 Å². The Balaban J connectivity index is 2.24. The third-order valence-electron chi connectivity index (χ3n) is 2.48. The molecule has 1 aromatic carbocycles. The monoisotopic (exact) mass is 295 g/mol. The zero-order valence-electron chi connectivity index (χ0n) is 8.13. The lowest BCUT2D eigenvalue weighted by Gasteiger charge is -2.38. The molecule has 0 spiro atoms. The van der Waals surface area contributed by atoms with Gasteiger partial charge in [0.15, 0.2) is 0 Å². The molecule has 1 heterocycles. The molecule has 0 saturated carbocycles. The number of hydrogen-bond donors (Lipinski definition) is 1. The molecule has 2 nitrogen and oxygen atoms in total. The van der Waals surface area contributed by atoms with Crippen molar-refractivity contribution in [1.29, 1.82) is 0 Å². The van der Waals surface area contributed by atoms with Crippen LogP contribution in [0.3, 0.4) is 0 Å². The van der Waals surface area contributed by atoms with E-state index in [0.717, 1.165) is 12.1 Å². The quantitative estimate of drug-likeness (QED) is 0.861. The standard InChI is InChI=1S/C10H9BrF3NO/c11-8-3-6(10(12,13)14)1-2-9(8)15-4-7(16)5-15/h1-3,7,16H,4-5H2. The van der Waals surface area contributed by atoms with Gasteiger partial charge in [-0.05, 0) is 34.1 Å². The Labute approximate surface area is 98.8 Å². The first-order valence-corrected chi connectivity index (χ1v) is 5.47. The number of β-amino-alcohol motifs (C(OH)–C–C–N with tert-alkyl or cyclic N) is 1. The lowest BCUT2D eigenvalue weighted by Crippen LogP contribution is -2.51. The molecular formula is C10H9BrF3NO. The van der Waals surface area contributed by atoms with Gasteiger partial charge in [0.25, 0.3) is 0 Å². The number of aliphatic hydroxyl groups is 1. The Kier molecular flexibility index (Phi) is 2.88. The molecule has 0 aliphatic carbocycles. The lowest BCUT2D eigenvalue weighted by atomic mass is 10.1. The predicted octanol–water partition coefficient (Wildman–Crippen LogP) is 2.65. The minimum absolute atomic E-state index is 0.380. The first kappa shape index (κ1) is 11.7. The van der Waals surface area contributed by atoms with Crippen LogP contribution in [0.1, 0.15) is 5.56 Å². The number of aliphatic hydroxyl groups excluding tert-OH is 1.